The Morgan fingerprint density at radius 3 is 3.09 bits per heavy atom. The molecule has 1 rings (SSSR count). The molecule has 0 fully saturated rings. The molecule has 0 aromatic carbocycles. The van der Waals surface area contributed by atoms with Crippen molar-refractivity contribution < 1.29 is 0 Å². The van der Waals surface area contributed by atoms with Crippen molar-refractivity contribution in [3.8, 4) is 0 Å². The molecule has 1 heterocycles. The normalized spacial score (nSPS) is 12.9. The zero-order chi connectivity index (χ0) is 8.27. The van der Waals surface area contributed by atoms with Crippen LogP contribution < -0.4 is 0 Å². The summed E-state index contributed by atoms with van der Waals surface area (Å²) in [6, 6.07) is 0.519. The highest BCUT2D eigenvalue weighted by Crippen LogP contribution is 2.12. The maximum absolute atomic E-state index is 4.15. The molecule has 2 heteroatoms. The van der Waals surface area contributed by atoms with E-state index in [2.05, 4.69) is 30.0 Å². The van der Waals surface area contributed by atoms with Gasteiger partial charge in [0.05, 0.1) is 0 Å². The van der Waals surface area contributed by atoms with E-state index in [1.165, 1.54) is 0 Å². The summed E-state index contributed by atoms with van der Waals surface area (Å²) in [6.07, 6.45) is 6.71. The second kappa shape index (κ2) is 3.37. The van der Waals surface area contributed by atoms with Gasteiger partial charge in [-0.05, 0) is 19.4 Å². The first kappa shape index (κ1) is 8.05. The van der Waals surface area contributed by atoms with Crippen LogP contribution in [0.3, 0.4) is 0 Å². The highest BCUT2D eigenvalue weighted by atomic mass is 15.1. The van der Waals surface area contributed by atoms with Crippen molar-refractivity contribution in [2.75, 3.05) is 0 Å². The summed E-state index contributed by atoms with van der Waals surface area (Å²) in [6.45, 7) is 8.04. The lowest BCUT2D eigenvalue weighted by atomic mass is 10.2. The molecule has 11 heavy (non-hydrogen) atoms. The molecule has 0 aliphatic carbocycles. The first-order valence-electron chi connectivity index (χ1n) is 3.94. The molecule has 1 unspecified atom stereocenters. The quantitative estimate of drug-likeness (QED) is 0.647. The number of aromatic nitrogens is 2. The third kappa shape index (κ3) is 1.50. The van der Waals surface area contributed by atoms with Gasteiger partial charge in [-0.1, -0.05) is 13.5 Å². The highest BCUT2D eigenvalue weighted by molar-refractivity contribution is 5.36. The summed E-state index contributed by atoms with van der Waals surface area (Å²) < 4.78 is 2.13. The largest absolute Gasteiger partial charge is 0.329 e. The van der Waals surface area contributed by atoms with E-state index < -0.39 is 0 Å². The molecule has 2 nitrogen and oxygen atoms in total. The predicted octanol–water partition coefficient (Wildman–Crippen LogP) is 2.50. The van der Waals surface area contributed by atoms with Gasteiger partial charge in [0, 0.05) is 18.4 Å². The first-order valence-corrected chi connectivity index (χ1v) is 3.94. The molecular formula is C9H14N2. The SMILES string of the molecule is C=Cc1nccn1C(C)CC. The van der Waals surface area contributed by atoms with E-state index in [9.17, 15) is 0 Å². The number of hydrogen-bond acceptors (Lipinski definition) is 1. The van der Waals surface area contributed by atoms with Gasteiger partial charge in [0.25, 0.3) is 0 Å². The Morgan fingerprint density at radius 1 is 1.82 bits per heavy atom. The van der Waals surface area contributed by atoms with Gasteiger partial charge in [0.2, 0.25) is 0 Å². The molecular weight excluding hydrogens is 136 g/mol. The number of hydrogen-bond donors (Lipinski definition) is 0. The smallest absolute Gasteiger partial charge is 0.132 e. The average molecular weight is 150 g/mol. The summed E-state index contributed by atoms with van der Waals surface area (Å²) in [5.41, 5.74) is 0. The molecule has 0 spiro atoms. The van der Waals surface area contributed by atoms with E-state index >= 15 is 0 Å². The Morgan fingerprint density at radius 2 is 2.55 bits per heavy atom. The topological polar surface area (TPSA) is 17.8 Å². The molecule has 0 radical (unpaired) electrons. The van der Waals surface area contributed by atoms with Crippen LogP contribution in [-0.4, -0.2) is 9.55 Å². The van der Waals surface area contributed by atoms with E-state index in [1.54, 1.807) is 6.08 Å². The third-order valence-electron chi connectivity index (χ3n) is 1.95. The van der Waals surface area contributed by atoms with Crippen molar-refractivity contribution in [2.24, 2.45) is 0 Å². The molecule has 1 aromatic rings. The Labute approximate surface area is 67.6 Å². The van der Waals surface area contributed by atoms with E-state index in [1.807, 2.05) is 12.4 Å². The van der Waals surface area contributed by atoms with Crippen molar-refractivity contribution in [3.63, 3.8) is 0 Å². The molecule has 0 N–H and O–H groups in total. The monoisotopic (exact) mass is 150 g/mol. The fourth-order valence-electron chi connectivity index (χ4n) is 1.05. The highest BCUT2D eigenvalue weighted by Gasteiger charge is 2.03. The average Bonchev–Trinajstić information content (AvgIpc) is 2.50. The van der Waals surface area contributed by atoms with Gasteiger partial charge in [-0.25, -0.2) is 4.98 Å². The van der Waals surface area contributed by atoms with Crippen LogP contribution in [0.2, 0.25) is 0 Å². The summed E-state index contributed by atoms with van der Waals surface area (Å²) in [7, 11) is 0. The second-order valence-electron chi connectivity index (χ2n) is 2.65. The Hall–Kier alpha value is -1.05. The predicted molar refractivity (Wildman–Crippen MR) is 47.3 cm³/mol. The first-order chi connectivity index (χ1) is 5.29. The third-order valence-corrected chi connectivity index (χ3v) is 1.95. The summed E-state index contributed by atoms with van der Waals surface area (Å²) in [5.74, 6) is 0.958. The van der Waals surface area contributed by atoms with E-state index in [0.717, 1.165) is 12.2 Å². The zero-order valence-corrected chi connectivity index (χ0v) is 7.12. The minimum Gasteiger partial charge on any atom is -0.329 e. The summed E-state index contributed by atoms with van der Waals surface area (Å²) in [5, 5.41) is 0. The summed E-state index contributed by atoms with van der Waals surface area (Å²) in [4.78, 5) is 4.15. The van der Waals surface area contributed by atoms with Crippen molar-refractivity contribution in [1.29, 1.82) is 0 Å². The molecule has 0 saturated carbocycles. The molecule has 1 atom stereocenters. The van der Waals surface area contributed by atoms with Crippen LogP contribution in [0.4, 0.5) is 0 Å². The molecule has 1 aromatic heterocycles. The lowest BCUT2D eigenvalue weighted by Gasteiger charge is -2.11. The lowest BCUT2D eigenvalue weighted by molar-refractivity contribution is 0.527. The fourth-order valence-corrected chi connectivity index (χ4v) is 1.05. The van der Waals surface area contributed by atoms with Crippen LogP contribution >= 0.6 is 0 Å². The van der Waals surface area contributed by atoms with Crippen molar-refractivity contribution in [1.82, 2.24) is 9.55 Å². The fraction of sp³-hybridized carbons (Fsp3) is 0.444. The Balaban J connectivity index is 2.92. The number of imidazole rings is 1. The molecule has 0 bridgehead atoms. The second-order valence-corrected chi connectivity index (χ2v) is 2.65. The van der Waals surface area contributed by atoms with Gasteiger partial charge in [0.1, 0.15) is 5.82 Å². The van der Waals surface area contributed by atoms with E-state index in [0.29, 0.717) is 6.04 Å². The minimum atomic E-state index is 0.519. The van der Waals surface area contributed by atoms with Crippen molar-refractivity contribution in [3.05, 3.63) is 24.8 Å². The van der Waals surface area contributed by atoms with Crippen LogP contribution in [0, 0.1) is 0 Å². The van der Waals surface area contributed by atoms with Gasteiger partial charge in [-0.2, -0.15) is 0 Å². The van der Waals surface area contributed by atoms with Gasteiger partial charge < -0.3 is 4.57 Å². The van der Waals surface area contributed by atoms with Gasteiger partial charge in [-0.15, -0.1) is 0 Å². The number of rotatable bonds is 3. The maximum atomic E-state index is 4.15. The van der Waals surface area contributed by atoms with Crippen LogP contribution in [0.5, 0.6) is 0 Å². The molecule has 0 amide bonds. The van der Waals surface area contributed by atoms with Crippen molar-refractivity contribution >= 4 is 6.08 Å². The molecule has 60 valence electrons. The van der Waals surface area contributed by atoms with Gasteiger partial charge in [0.15, 0.2) is 0 Å². The van der Waals surface area contributed by atoms with E-state index in [-0.39, 0.29) is 0 Å². The summed E-state index contributed by atoms with van der Waals surface area (Å²) >= 11 is 0. The molecule has 0 saturated heterocycles. The van der Waals surface area contributed by atoms with Crippen LogP contribution in [0.1, 0.15) is 32.1 Å². The Bertz CT molecular complexity index is 237. The number of nitrogens with zero attached hydrogens (tertiary/aromatic N) is 2. The van der Waals surface area contributed by atoms with Crippen LogP contribution in [0.15, 0.2) is 19.0 Å². The minimum absolute atomic E-state index is 0.519. The van der Waals surface area contributed by atoms with Gasteiger partial charge >= 0.3 is 0 Å². The van der Waals surface area contributed by atoms with E-state index in [4.69, 9.17) is 0 Å². The molecule has 0 aliphatic rings. The zero-order valence-electron chi connectivity index (χ0n) is 7.12. The standard InChI is InChI=1S/C9H14N2/c1-4-8(3)11-7-6-10-9(11)5-2/h5-8H,2,4H2,1,3H3. The van der Waals surface area contributed by atoms with Gasteiger partial charge in [-0.3, -0.25) is 0 Å². The lowest BCUT2D eigenvalue weighted by Crippen LogP contribution is -2.04. The van der Waals surface area contributed by atoms with Crippen molar-refractivity contribution in [2.45, 2.75) is 26.3 Å². The van der Waals surface area contributed by atoms with Crippen LogP contribution in [0.25, 0.3) is 6.08 Å². The molecule has 0 aliphatic heterocycles. The van der Waals surface area contributed by atoms with Crippen LogP contribution in [-0.2, 0) is 0 Å². The maximum Gasteiger partial charge on any atom is 0.132 e. The Kier molecular flexibility index (Phi) is 2.47.